The smallest absolute Gasteiger partial charge is 0.272 e. The summed E-state index contributed by atoms with van der Waals surface area (Å²) in [6.45, 7) is 7.17. The van der Waals surface area contributed by atoms with Crippen molar-refractivity contribution < 1.29 is 28.1 Å². The summed E-state index contributed by atoms with van der Waals surface area (Å²) >= 11 is 0. The zero-order valence-electron chi connectivity index (χ0n) is 20.9. The van der Waals surface area contributed by atoms with E-state index in [1.54, 1.807) is 6.08 Å². The van der Waals surface area contributed by atoms with E-state index in [1.165, 1.54) is 63.9 Å². The maximum absolute atomic E-state index is 12.3. The lowest BCUT2D eigenvalue weighted by molar-refractivity contribution is -0.195. The molecule has 0 heterocycles. The van der Waals surface area contributed by atoms with Crippen LogP contribution in [-0.4, -0.2) is 46.2 Å². The van der Waals surface area contributed by atoms with Gasteiger partial charge in [-0.25, -0.2) is 0 Å². The van der Waals surface area contributed by atoms with Crippen LogP contribution in [0, 0.1) is 46.3 Å². The first-order valence-corrected chi connectivity index (χ1v) is 14.8. The monoisotopic (exact) mass is 497 g/mol. The molecular formula is C26H43NO6S. The number of carbonyl (C=O) groups is 1. The van der Waals surface area contributed by atoms with Crippen LogP contribution < -0.4 is 0 Å². The van der Waals surface area contributed by atoms with Crippen LogP contribution in [0.25, 0.3) is 0 Å². The summed E-state index contributed by atoms with van der Waals surface area (Å²) in [5.74, 6) is 1.85. The molecule has 34 heavy (non-hydrogen) atoms. The minimum absolute atomic E-state index is 0.0370. The fourth-order valence-corrected chi connectivity index (χ4v) is 9.57. The molecular weight excluding hydrogens is 454 g/mol. The van der Waals surface area contributed by atoms with Gasteiger partial charge in [-0.15, -0.1) is 0 Å². The van der Waals surface area contributed by atoms with Crippen molar-refractivity contribution in [2.45, 2.75) is 91.2 Å². The number of amides is 1. The third-order valence-corrected chi connectivity index (χ3v) is 11.4. The highest BCUT2D eigenvalue weighted by Gasteiger charge is 2.59. The zero-order chi connectivity index (χ0) is 24.9. The molecule has 8 heteroatoms. The van der Waals surface area contributed by atoms with Crippen molar-refractivity contribution >= 4 is 16.0 Å². The van der Waals surface area contributed by atoms with Gasteiger partial charge in [0, 0.05) is 6.08 Å². The van der Waals surface area contributed by atoms with E-state index < -0.39 is 28.0 Å². The van der Waals surface area contributed by atoms with Gasteiger partial charge in [0.2, 0.25) is 0 Å². The van der Waals surface area contributed by atoms with Crippen molar-refractivity contribution in [1.29, 1.82) is 0 Å². The highest BCUT2D eigenvalue weighted by atomic mass is 32.2. The highest BCUT2D eigenvalue weighted by Crippen LogP contribution is 2.68. The number of hydroxylamine groups is 2. The SMILES string of the molecule is C[C@H](C=CC(=O)N(O)C(O)CS(=O)(=O)O)[C@H]1CC[C@H]2[C@@H]3CCC4CCCC[C@]4(C)[C@H]3CC[C@]12C. The Morgan fingerprint density at radius 1 is 1.03 bits per heavy atom. The topological polar surface area (TPSA) is 115 Å². The minimum Gasteiger partial charge on any atom is -0.370 e. The van der Waals surface area contributed by atoms with E-state index in [-0.39, 0.29) is 16.4 Å². The van der Waals surface area contributed by atoms with Crippen LogP contribution in [0.3, 0.4) is 0 Å². The number of aliphatic hydroxyl groups excluding tert-OH is 1. The Hall–Kier alpha value is -0.960. The van der Waals surface area contributed by atoms with E-state index >= 15 is 0 Å². The Kier molecular flexibility index (Phi) is 7.29. The summed E-state index contributed by atoms with van der Waals surface area (Å²) in [7, 11) is -4.52. The van der Waals surface area contributed by atoms with Crippen LogP contribution in [-0.2, 0) is 14.9 Å². The van der Waals surface area contributed by atoms with Gasteiger partial charge in [0.25, 0.3) is 16.0 Å². The molecule has 0 aromatic heterocycles. The van der Waals surface area contributed by atoms with Gasteiger partial charge in [-0.1, -0.05) is 39.7 Å². The molecule has 4 rings (SSSR count). The highest BCUT2D eigenvalue weighted by molar-refractivity contribution is 7.85. The van der Waals surface area contributed by atoms with E-state index in [9.17, 15) is 23.5 Å². The second-order valence-electron chi connectivity index (χ2n) is 12.3. The van der Waals surface area contributed by atoms with E-state index in [4.69, 9.17) is 4.55 Å². The average molecular weight is 498 g/mol. The summed E-state index contributed by atoms with van der Waals surface area (Å²) in [6.07, 6.45) is 14.3. The second-order valence-corrected chi connectivity index (χ2v) is 13.8. The van der Waals surface area contributed by atoms with E-state index in [0.717, 1.165) is 30.1 Å². The van der Waals surface area contributed by atoms with Crippen LogP contribution in [0.15, 0.2) is 12.2 Å². The van der Waals surface area contributed by atoms with Crippen LogP contribution in [0.5, 0.6) is 0 Å². The Balaban J connectivity index is 1.42. The number of hydrogen-bond acceptors (Lipinski definition) is 5. The van der Waals surface area contributed by atoms with Crippen molar-refractivity contribution in [2.24, 2.45) is 46.3 Å². The number of fused-ring (bicyclic) bond motifs is 5. The number of carbonyl (C=O) groups excluding carboxylic acids is 1. The van der Waals surface area contributed by atoms with Crippen molar-refractivity contribution in [1.82, 2.24) is 5.06 Å². The third kappa shape index (κ3) is 4.72. The lowest BCUT2D eigenvalue weighted by Gasteiger charge is -2.60. The summed E-state index contributed by atoms with van der Waals surface area (Å²) in [6, 6.07) is 0. The number of hydrogen-bond donors (Lipinski definition) is 3. The molecule has 0 bridgehead atoms. The Bertz CT molecular complexity index is 905. The molecule has 0 radical (unpaired) electrons. The predicted molar refractivity (Wildman–Crippen MR) is 129 cm³/mol. The number of nitrogens with zero attached hydrogens (tertiary/aromatic N) is 1. The van der Waals surface area contributed by atoms with E-state index in [2.05, 4.69) is 20.8 Å². The molecule has 4 fully saturated rings. The molecule has 0 aromatic rings. The first-order chi connectivity index (χ1) is 15.9. The molecule has 4 aliphatic carbocycles. The summed E-state index contributed by atoms with van der Waals surface area (Å²) in [5, 5.41) is 19.5. The van der Waals surface area contributed by atoms with Gasteiger partial charge in [0.15, 0.2) is 6.23 Å². The van der Waals surface area contributed by atoms with Gasteiger partial charge < -0.3 is 5.11 Å². The number of aliphatic hydroxyl groups is 1. The molecule has 9 atom stereocenters. The fourth-order valence-electron chi connectivity index (χ4n) is 9.05. The molecule has 0 aromatic carbocycles. The van der Waals surface area contributed by atoms with Gasteiger partial charge in [-0.3, -0.25) is 14.6 Å². The van der Waals surface area contributed by atoms with Crippen LogP contribution in [0.1, 0.15) is 85.0 Å². The molecule has 0 aliphatic heterocycles. The molecule has 7 nitrogen and oxygen atoms in total. The lowest BCUT2D eigenvalue weighted by Crippen LogP contribution is -2.53. The minimum atomic E-state index is -4.52. The quantitative estimate of drug-likeness (QED) is 0.162. The summed E-state index contributed by atoms with van der Waals surface area (Å²) in [5.41, 5.74) is 0.765. The van der Waals surface area contributed by atoms with E-state index in [1.807, 2.05) is 0 Å². The van der Waals surface area contributed by atoms with Gasteiger partial charge in [-0.05, 0) is 97.7 Å². The Labute approximate surface area is 204 Å². The maximum Gasteiger partial charge on any atom is 0.272 e. The molecule has 2 unspecified atom stereocenters. The first kappa shape index (κ1) is 26.1. The van der Waals surface area contributed by atoms with Crippen LogP contribution in [0.2, 0.25) is 0 Å². The molecule has 194 valence electrons. The average Bonchev–Trinajstić information content (AvgIpc) is 3.12. The van der Waals surface area contributed by atoms with Gasteiger partial charge in [0.05, 0.1) is 0 Å². The first-order valence-electron chi connectivity index (χ1n) is 13.2. The molecule has 0 saturated heterocycles. The second kappa shape index (κ2) is 9.49. The largest absolute Gasteiger partial charge is 0.370 e. The van der Waals surface area contributed by atoms with Crippen LogP contribution >= 0.6 is 0 Å². The number of allylic oxidation sites excluding steroid dienone is 1. The number of rotatable bonds is 6. The molecule has 0 spiro atoms. The van der Waals surface area contributed by atoms with Gasteiger partial charge in [-0.2, -0.15) is 13.5 Å². The lowest BCUT2D eigenvalue weighted by atomic mass is 9.44. The zero-order valence-corrected chi connectivity index (χ0v) is 21.7. The van der Waals surface area contributed by atoms with Crippen molar-refractivity contribution in [3.63, 3.8) is 0 Å². The molecule has 4 saturated carbocycles. The maximum atomic E-state index is 12.3. The van der Waals surface area contributed by atoms with Crippen molar-refractivity contribution in [3.05, 3.63) is 12.2 Å². The fraction of sp³-hybridized carbons (Fsp3) is 0.885. The van der Waals surface area contributed by atoms with Crippen LogP contribution in [0.4, 0.5) is 0 Å². The normalized spacial score (nSPS) is 41.9. The van der Waals surface area contributed by atoms with Gasteiger partial charge in [0.1, 0.15) is 5.75 Å². The van der Waals surface area contributed by atoms with Crippen molar-refractivity contribution in [3.8, 4) is 0 Å². The summed E-state index contributed by atoms with van der Waals surface area (Å²) in [4.78, 5) is 12.3. The Morgan fingerprint density at radius 2 is 1.74 bits per heavy atom. The standard InChI is InChI=1S/C26H43NO6S/c1-17(7-12-23(28)27(30)24(29)16-34(31,32)33)20-10-11-21-19-9-8-18-6-4-5-14-25(18,2)22(19)13-15-26(20,21)3/h7,12,17-22,24,29-30H,4-6,8-11,13-16H2,1-3H3,(H,31,32,33)/t17-,18?,19+,20-,21+,22+,24?,25+,26-/m1/s1. The third-order valence-electron chi connectivity index (χ3n) is 10.7. The molecule has 3 N–H and O–H groups in total. The predicted octanol–water partition coefficient (Wildman–Crippen LogP) is 4.65. The summed E-state index contributed by atoms with van der Waals surface area (Å²) < 4.78 is 30.6. The Morgan fingerprint density at radius 3 is 2.44 bits per heavy atom. The van der Waals surface area contributed by atoms with Gasteiger partial charge >= 0.3 is 0 Å². The van der Waals surface area contributed by atoms with Crippen molar-refractivity contribution in [2.75, 3.05) is 5.75 Å². The molecule has 4 aliphatic rings. The van der Waals surface area contributed by atoms with E-state index in [0.29, 0.717) is 11.3 Å². The molecule has 1 amide bonds.